The topological polar surface area (TPSA) is 85.6 Å². The second-order valence-electron chi connectivity index (χ2n) is 4.41. The molecule has 0 saturated carbocycles. The number of benzene rings is 1. The van der Waals surface area contributed by atoms with Crippen molar-refractivity contribution in [3.05, 3.63) is 47.9 Å². The first-order chi connectivity index (χ1) is 9.90. The molecule has 1 heterocycles. The summed E-state index contributed by atoms with van der Waals surface area (Å²) >= 11 is 0. The highest BCUT2D eigenvalue weighted by Gasteiger charge is 2.11. The minimum absolute atomic E-state index is 0.124. The van der Waals surface area contributed by atoms with Crippen LogP contribution in [0.3, 0.4) is 0 Å². The number of hydrogen-bond acceptors (Lipinski definition) is 6. The predicted molar refractivity (Wildman–Crippen MR) is 76.9 cm³/mol. The van der Waals surface area contributed by atoms with Crippen LogP contribution in [0, 0.1) is 0 Å². The number of sulfone groups is 1. The van der Waals surface area contributed by atoms with Gasteiger partial charge >= 0.3 is 5.97 Å². The van der Waals surface area contributed by atoms with Crippen LogP contribution in [0.1, 0.15) is 16.3 Å². The Morgan fingerprint density at radius 2 is 2.05 bits per heavy atom. The summed E-state index contributed by atoms with van der Waals surface area (Å²) in [4.78, 5) is 11.5. The van der Waals surface area contributed by atoms with E-state index in [0.29, 0.717) is 18.0 Å². The summed E-state index contributed by atoms with van der Waals surface area (Å²) in [6.07, 6.45) is 1.15. The number of carbonyl (C=O) groups excluding carboxylic acids is 1. The largest absolute Gasteiger partial charge is 0.463 e. The van der Waals surface area contributed by atoms with Gasteiger partial charge in [0.2, 0.25) is 5.76 Å². The van der Waals surface area contributed by atoms with Crippen LogP contribution in [-0.2, 0) is 21.1 Å². The van der Waals surface area contributed by atoms with Crippen molar-refractivity contribution in [1.29, 1.82) is 0 Å². The maximum Gasteiger partial charge on any atom is 0.373 e. The summed E-state index contributed by atoms with van der Waals surface area (Å²) in [7, 11) is -1.97. The maximum atomic E-state index is 11.5. The van der Waals surface area contributed by atoms with Gasteiger partial charge in [0.1, 0.15) is 5.76 Å². The average Bonchev–Trinajstić information content (AvgIpc) is 2.92. The Balaban J connectivity index is 2.07. The molecule has 0 radical (unpaired) electrons. The van der Waals surface area contributed by atoms with Gasteiger partial charge in [-0.25, -0.2) is 13.2 Å². The van der Waals surface area contributed by atoms with Crippen LogP contribution in [-0.4, -0.2) is 27.8 Å². The number of ether oxygens (including phenoxy) is 1. The van der Waals surface area contributed by atoms with Gasteiger partial charge in [0.15, 0.2) is 9.84 Å². The molecule has 0 bridgehead atoms. The Morgan fingerprint density at radius 1 is 1.29 bits per heavy atom. The van der Waals surface area contributed by atoms with Crippen molar-refractivity contribution in [1.82, 2.24) is 0 Å². The normalized spacial score (nSPS) is 11.1. The third kappa shape index (κ3) is 3.85. The lowest BCUT2D eigenvalue weighted by atomic mass is 10.3. The number of esters is 1. The highest BCUT2D eigenvalue weighted by Crippen LogP contribution is 2.17. The summed E-state index contributed by atoms with van der Waals surface area (Å²) < 4.78 is 32.8. The highest BCUT2D eigenvalue weighted by atomic mass is 32.2. The molecule has 1 aromatic heterocycles. The quantitative estimate of drug-likeness (QED) is 0.851. The fourth-order valence-electron chi connectivity index (χ4n) is 1.71. The van der Waals surface area contributed by atoms with Crippen molar-refractivity contribution in [2.45, 2.75) is 11.4 Å². The molecule has 0 aliphatic carbocycles. The van der Waals surface area contributed by atoms with Crippen LogP contribution in [0.5, 0.6) is 0 Å². The van der Waals surface area contributed by atoms with E-state index in [9.17, 15) is 13.2 Å². The third-order valence-corrected chi connectivity index (χ3v) is 3.89. The van der Waals surface area contributed by atoms with Gasteiger partial charge in [0.05, 0.1) is 18.6 Å². The predicted octanol–water partition coefficient (Wildman–Crippen LogP) is 2.08. The monoisotopic (exact) mass is 309 g/mol. The molecule has 0 atom stereocenters. The molecule has 0 saturated heterocycles. The highest BCUT2D eigenvalue weighted by molar-refractivity contribution is 7.90. The van der Waals surface area contributed by atoms with Crippen LogP contribution >= 0.6 is 0 Å². The van der Waals surface area contributed by atoms with E-state index >= 15 is 0 Å². The van der Waals surface area contributed by atoms with Gasteiger partial charge in [0.25, 0.3) is 0 Å². The Kier molecular flexibility index (Phi) is 4.32. The van der Waals surface area contributed by atoms with Gasteiger partial charge in [-0.15, -0.1) is 0 Å². The minimum Gasteiger partial charge on any atom is -0.463 e. The number of nitrogens with one attached hydrogen (secondary N) is 1. The van der Waals surface area contributed by atoms with Crippen LogP contribution in [0.25, 0.3) is 0 Å². The first-order valence-corrected chi connectivity index (χ1v) is 8.00. The summed E-state index contributed by atoms with van der Waals surface area (Å²) in [5.41, 5.74) is 0.647. The van der Waals surface area contributed by atoms with Gasteiger partial charge in [-0.1, -0.05) is 6.07 Å². The van der Waals surface area contributed by atoms with E-state index in [-0.39, 0.29) is 10.7 Å². The Bertz CT molecular complexity index is 748. The molecular weight excluding hydrogens is 294 g/mol. The van der Waals surface area contributed by atoms with Crippen molar-refractivity contribution in [2.75, 3.05) is 18.7 Å². The van der Waals surface area contributed by atoms with Gasteiger partial charge < -0.3 is 14.5 Å². The number of rotatable bonds is 5. The zero-order chi connectivity index (χ0) is 15.5. The molecule has 0 fully saturated rings. The Hall–Kier alpha value is -2.28. The number of hydrogen-bond donors (Lipinski definition) is 1. The van der Waals surface area contributed by atoms with E-state index in [1.807, 2.05) is 0 Å². The van der Waals surface area contributed by atoms with E-state index < -0.39 is 15.8 Å². The van der Waals surface area contributed by atoms with E-state index in [2.05, 4.69) is 10.1 Å². The van der Waals surface area contributed by atoms with E-state index in [1.54, 1.807) is 24.3 Å². The number of carbonyl (C=O) groups is 1. The lowest BCUT2D eigenvalue weighted by Gasteiger charge is -2.06. The van der Waals surface area contributed by atoms with E-state index in [0.717, 1.165) is 6.26 Å². The fraction of sp³-hybridized carbons (Fsp3) is 0.214. The SMILES string of the molecule is COC(=O)c1ccc(CNc2cccc(S(C)(=O)=O)c2)o1. The first kappa shape index (κ1) is 15.1. The summed E-state index contributed by atoms with van der Waals surface area (Å²) in [5, 5.41) is 3.03. The molecule has 0 aliphatic rings. The molecule has 0 aliphatic heterocycles. The van der Waals surface area contributed by atoms with Crippen LogP contribution in [0.15, 0.2) is 45.7 Å². The van der Waals surface area contributed by atoms with E-state index in [1.165, 1.54) is 19.2 Å². The zero-order valence-corrected chi connectivity index (χ0v) is 12.4. The lowest BCUT2D eigenvalue weighted by Crippen LogP contribution is -2.02. The third-order valence-electron chi connectivity index (χ3n) is 2.78. The Morgan fingerprint density at radius 3 is 2.71 bits per heavy atom. The minimum atomic E-state index is -3.24. The van der Waals surface area contributed by atoms with Crippen molar-refractivity contribution in [2.24, 2.45) is 0 Å². The molecule has 1 aromatic carbocycles. The van der Waals surface area contributed by atoms with Gasteiger partial charge in [0, 0.05) is 11.9 Å². The zero-order valence-electron chi connectivity index (χ0n) is 11.6. The van der Waals surface area contributed by atoms with Crippen molar-refractivity contribution >= 4 is 21.5 Å². The maximum absolute atomic E-state index is 11.5. The molecule has 112 valence electrons. The van der Waals surface area contributed by atoms with Crippen molar-refractivity contribution in [3.63, 3.8) is 0 Å². The molecule has 7 heteroatoms. The van der Waals surface area contributed by atoms with Gasteiger partial charge in [-0.2, -0.15) is 0 Å². The number of methoxy groups -OCH3 is 1. The molecule has 0 amide bonds. The van der Waals surface area contributed by atoms with Crippen LogP contribution in [0.2, 0.25) is 0 Å². The van der Waals surface area contributed by atoms with Gasteiger partial charge in [-0.05, 0) is 30.3 Å². The van der Waals surface area contributed by atoms with Crippen LogP contribution < -0.4 is 5.32 Å². The molecule has 2 rings (SSSR count). The second kappa shape index (κ2) is 6.01. The number of anilines is 1. The fourth-order valence-corrected chi connectivity index (χ4v) is 2.38. The average molecular weight is 309 g/mol. The summed E-state index contributed by atoms with van der Waals surface area (Å²) in [6.45, 7) is 0.324. The van der Waals surface area contributed by atoms with E-state index in [4.69, 9.17) is 4.42 Å². The second-order valence-corrected chi connectivity index (χ2v) is 6.43. The molecule has 0 spiro atoms. The van der Waals surface area contributed by atoms with Crippen LogP contribution in [0.4, 0.5) is 5.69 Å². The summed E-state index contributed by atoms with van der Waals surface area (Å²) in [5.74, 6) is 0.125. The molecule has 2 aromatic rings. The lowest BCUT2D eigenvalue weighted by molar-refractivity contribution is 0.0563. The van der Waals surface area contributed by atoms with Crippen molar-refractivity contribution < 1.29 is 22.4 Å². The smallest absolute Gasteiger partial charge is 0.373 e. The Labute approximate surface area is 122 Å². The molecule has 21 heavy (non-hydrogen) atoms. The molecule has 6 nitrogen and oxygen atoms in total. The standard InChI is InChI=1S/C14H15NO5S/c1-19-14(16)13-7-6-11(20-13)9-15-10-4-3-5-12(8-10)21(2,17)18/h3-8,15H,9H2,1-2H3. The first-order valence-electron chi connectivity index (χ1n) is 6.11. The van der Waals surface area contributed by atoms with Crippen molar-refractivity contribution in [3.8, 4) is 0 Å². The number of furan rings is 1. The van der Waals surface area contributed by atoms with Gasteiger partial charge in [-0.3, -0.25) is 0 Å². The molecule has 0 unspecified atom stereocenters. The molecule has 1 N–H and O–H groups in total. The molecular formula is C14H15NO5S. The summed E-state index contributed by atoms with van der Waals surface area (Å²) in [6, 6.07) is 9.65.